The Morgan fingerprint density at radius 1 is 0.536 bits per heavy atom. The van der Waals surface area contributed by atoms with Crippen LogP contribution in [-0.2, 0) is 0 Å². The van der Waals surface area contributed by atoms with Crippen molar-refractivity contribution in [2.24, 2.45) is 0 Å². The minimum absolute atomic E-state index is 0.199. The van der Waals surface area contributed by atoms with Crippen molar-refractivity contribution >= 4 is 5.57 Å². The first-order chi connectivity index (χ1) is 13.7. The highest BCUT2D eigenvalue weighted by molar-refractivity contribution is 6.01. The van der Waals surface area contributed by atoms with E-state index in [1.54, 1.807) is 36.4 Å². The highest BCUT2D eigenvalue weighted by atomic mass is 14.4. The summed E-state index contributed by atoms with van der Waals surface area (Å²) in [6.07, 6.45) is 0. The third-order valence-electron chi connectivity index (χ3n) is 4.25. The maximum atomic E-state index is 9.76. The number of hydrogen-bond acceptors (Lipinski definition) is 5. The average Bonchev–Trinajstić information content (AvgIpc) is 3.46. The SMILES string of the molecule is N#CC(C#N)=C1C(=C(C#N)C#N)C1=C(C#N)c1cccc(-c2ccccc2)c1. The van der Waals surface area contributed by atoms with E-state index in [1.165, 1.54) is 0 Å². The fraction of sp³-hybridized carbons (Fsp3) is 0. The molecule has 5 heteroatoms. The van der Waals surface area contributed by atoms with Gasteiger partial charge in [0.25, 0.3) is 0 Å². The Bertz CT molecular complexity index is 1210. The van der Waals surface area contributed by atoms with Crippen LogP contribution in [0, 0.1) is 56.7 Å². The summed E-state index contributed by atoms with van der Waals surface area (Å²) >= 11 is 0. The van der Waals surface area contributed by atoms with Crippen molar-refractivity contribution in [3.63, 3.8) is 0 Å². The third kappa shape index (κ3) is 3.03. The van der Waals surface area contributed by atoms with Crippen LogP contribution in [0.1, 0.15) is 5.56 Å². The zero-order valence-corrected chi connectivity index (χ0v) is 14.4. The minimum atomic E-state index is -0.222. The first kappa shape index (κ1) is 17.9. The van der Waals surface area contributed by atoms with E-state index in [0.717, 1.165) is 11.1 Å². The molecule has 0 unspecified atom stereocenters. The van der Waals surface area contributed by atoms with Gasteiger partial charge in [0.1, 0.15) is 41.5 Å². The Morgan fingerprint density at radius 2 is 1.07 bits per heavy atom. The molecule has 126 valence electrons. The molecular weight excluding hydrogens is 346 g/mol. The number of nitrogens with zero attached hydrogens (tertiary/aromatic N) is 5. The summed E-state index contributed by atoms with van der Waals surface area (Å²) in [7, 11) is 0. The molecule has 0 amide bonds. The number of rotatable bonds is 2. The van der Waals surface area contributed by atoms with Crippen LogP contribution in [-0.4, -0.2) is 0 Å². The normalized spacial score (nSPS) is 11.2. The zero-order valence-electron chi connectivity index (χ0n) is 14.4. The van der Waals surface area contributed by atoms with Crippen LogP contribution in [0.15, 0.2) is 82.5 Å². The van der Waals surface area contributed by atoms with Crippen molar-refractivity contribution in [2.75, 3.05) is 0 Å². The summed E-state index contributed by atoms with van der Waals surface area (Å²) in [5, 5.41) is 46.5. The first-order valence-electron chi connectivity index (χ1n) is 8.10. The van der Waals surface area contributed by atoms with E-state index in [2.05, 4.69) is 6.07 Å². The summed E-state index contributed by atoms with van der Waals surface area (Å²) in [4.78, 5) is 0. The van der Waals surface area contributed by atoms with Crippen molar-refractivity contribution < 1.29 is 0 Å². The number of hydrogen-bond donors (Lipinski definition) is 0. The Balaban J connectivity index is 2.28. The Kier molecular flexibility index (Phi) is 4.84. The van der Waals surface area contributed by atoms with Crippen molar-refractivity contribution in [3.8, 4) is 41.5 Å². The Labute approximate surface area is 161 Å². The molecule has 1 aliphatic carbocycles. The molecule has 0 saturated heterocycles. The van der Waals surface area contributed by atoms with Gasteiger partial charge in [0.15, 0.2) is 0 Å². The summed E-state index contributed by atoms with van der Waals surface area (Å²) in [6, 6.07) is 26.0. The molecule has 0 aliphatic heterocycles. The molecule has 1 aliphatic rings. The molecule has 2 aromatic rings. The van der Waals surface area contributed by atoms with Gasteiger partial charge < -0.3 is 0 Å². The predicted molar refractivity (Wildman–Crippen MR) is 101 cm³/mol. The molecule has 0 aromatic heterocycles. The molecule has 3 rings (SSSR count). The lowest BCUT2D eigenvalue weighted by Crippen LogP contribution is -1.84. The minimum Gasteiger partial charge on any atom is -0.192 e. The van der Waals surface area contributed by atoms with Crippen LogP contribution < -0.4 is 0 Å². The van der Waals surface area contributed by atoms with E-state index >= 15 is 0 Å². The standard InChI is InChI=1S/C23H9N5/c24-10-18(11-25)21-22(19(12-26)13-27)23(21)20(14-28)17-8-4-7-16(9-17)15-5-2-1-3-6-15/h1-9H. The first-order valence-corrected chi connectivity index (χ1v) is 8.10. The molecule has 0 spiro atoms. The van der Waals surface area contributed by atoms with Gasteiger partial charge in [0, 0.05) is 16.7 Å². The second kappa shape index (κ2) is 7.56. The van der Waals surface area contributed by atoms with E-state index < -0.39 is 0 Å². The van der Waals surface area contributed by atoms with Crippen molar-refractivity contribution in [1.82, 2.24) is 0 Å². The van der Waals surface area contributed by atoms with Gasteiger partial charge in [-0.05, 0) is 22.8 Å². The number of benzene rings is 2. The van der Waals surface area contributed by atoms with Crippen LogP contribution in [0.4, 0.5) is 0 Å². The largest absolute Gasteiger partial charge is 0.192 e. The molecular formula is C23H9N5. The van der Waals surface area contributed by atoms with Crippen LogP contribution in [0.2, 0.25) is 0 Å². The summed E-state index contributed by atoms with van der Waals surface area (Å²) in [5.74, 6) is 0. The van der Waals surface area contributed by atoms with Crippen LogP contribution >= 0.6 is 0 Å². The molecule has 0 radical (unpaired) electrons. The lowest BCUT2D eigenvalue weighted by atomic mass is 9.99. The number of allylic oxidation sites excluding steroid dienone is 6. The van der Waals surface area contributed by atoms with E-state index in [4.69, 9.17) is 0 Å². The summed E-state index contributed by atoms with van der Waals surface area (Å²) in [6.45, 7) is 0. The average molecular weight is 355 g/mol. The van der Waals surface area contributed by atoms with E-state index in [1.807, 2.05) is 42.5 Å². The molecule has 0 bridgehead atoms. The van der Waals surface area contributed by atoms with Crippen LogP contribution in [0.5, 0.6) is 0 Å². The second-order valence-electron chi connectivity index (χ2n) is 5.76. The van der Waals surface area contributed by atoms with Crippen LogP contribution in [0.3, 0.4) is 0 Å². The molecule has 0 atom stereocenters. The zero-order chi connectivity index (χ0) is 20.1. The topological polar surface area (TPSA) is 119 Å². The monoisotopic (exact) mass is 355 g/mol. The van der Waals surface area contributed by atoms with E-state index in [9.17, 15) is 26.3 Å². The van der Waals surface area contributed by atoms with Crippen molar-refractivity contribution in [2.45, 2.75) is 0 Å². The van der Waals surface area contributed by atoms with Gasteiger partial charge in [-0.1, -0.05) is 48.5 Å². The quantitative estimate of drug-likeness (QED) is 0.743. The Hall–Kier alpha value is -4.89. The highest BCUT2D eigenvalue weighted by Gasteiger charge is 2.41. The van der Waals surface area contributed by atoms with Gasteiger partial charge in [-0.3, -0.25) is 0 Å². The summed E-state index contributed by atoms with van der Waals surface area (Å²) in [5.41, 5.74) is 2.92. The molecule has 0 heterocycles. The van der Waals surface area contributed by atoms with Gasteiger partial charge in [0.2, 0.25) is 0 Å². The van der Waals surface area contributed by atoms with Crippen LogP contribution in [0.25, 0.3) is 16.7 Å². The Morgan fingerprint density at radius 3 is 1.57 bits per heavy atom. The highest BCUT2D eigenvalue weighted by Crippen LogP contribution is 2.52. The van der Waals surface area contributed by atoms with Gasteiger partial charge in [-0.2, -0.15) is 26.3 Å². The molecule has 5 nitrogen and oxygen atoms in total. The lowest BCUT2D eigenvalue weighted by molar-refractivity contribution is 1.45. The molecule has 1 fully saturated rings. The van der Waals surface area contributed by atoms with Crippen molar-refractivity contribution in [1.29, 1.82) is 26.3 Å². The molecule has 28 heavy (non-hydrogen) atoms. The van der Waals surface area contributed by atoms with Gasteiger partial charge in [0.05, 0.1) is 5.57 Å². The molecule has 1 saturated carbocycles. The van der Waals surface area contributed by atoms with E-state index in [-0.39, 0.29) is 27.9 Å². The summed E-state index contributed by atoms with van der Waals surface area (Å²) < 4.78 is 0. The molecule has 0 N–H and O–H groups in total. The fourth-order valence-corrected chi connectivity index (χ4v) is 2.96. The third-order valence-corrected chi connectivity index (χ3v) is 4.25. The van der Waals surface area contributed by atoms with Gasteiger partial charge in [-0.25, -0.2) is 0 Å². The van der Waals surface area contributed by atoms with Gasteiger partial charge in [-0.15, -0.1) is 0 Å². The lowest BCUT2D eigenvalue weighted by Gasteiger charge is -2.04. The van der Waals surface area contributed by atoms with Gasteiger partial charge >= 0.3 is 0 Å². The number of nitriles is 5. The van der Waals surface area contributed by atoms with Crippen molar-refractivity contribution in [3.05, 3.63) is 88.0 Å². The second-order valence-corrected chi connectivity index (χ2v) is 5.76. The smallest absolute Gasteiger partial charge is 0.138 e. The molecule has 2 aromatic carbocycles. The predicted octanol–water partition coefficient (Wildman–Crippen LogP) is 4.33. The fourth-order valence-electron chi connectivity index (χ4n) is 2.96. The maximum absolute atomic E-state index is 9.76. The maximum Gasteiger partial charge on any atom is 0.138 e. The van der Waals surface area contributed by atoms with E-state index in [0.29, 0.717) is 11.1 Å².